The van der Waals surface area contributed by atoms with Gasteiger partial charge in [-0.15, -0.1) is 0 Å². The largest absolute Gasteiger partial charge is 0.484 e. The van der Waals surface area contributed by atoms with Crippen molar-refractivity contribution in [2.24, 2.45) is 0 Å². The molecule has 0 radical (unpaired) electrons. The minimum atomic E-state index is -0.501. The SMILES string of the molecule is O=C(CCC(=O)Nc1ccc(Cl)cc1Cl)NNC(=S)NC(=O)COc1ccc2ccccc2c1. The molecule has 3 rings (SSSR count). The van der Waals surface area contributed by atoms with Crippen LogP contribution in [-0.2, 0) is 14.4 Å². The highest BCUT2D eigenvalue weighted by molar-refractivity contribution is 7.80. The van der Waals surface area contributed by atoms with Crippen LogP contribution >= 0.6 is 35.4 Å². The fraction of sp³-hybridized carbons (Fsp3) is 0.130. The minimum absolute atomic E-state index is 0.0921. The molecule has 0 fully saturated rings. The van der Waals surface area contributed by atoms with E-state index in [0.717, 1.165) is 10.8 Å². The number of hydrogen-bond acceptors (Lipinski definition) is 5. The Hall–Kier alpha value is -3.40. The molecule has 3 aromatic rings. The highest BCUT2D eigenvalue weighted by Gasteiger charge is 2.11. The van der Waals surface area contributed by atoms with Crippen LogP contribution in [0.4, 0.5) is 5.69 Å². The van der Waals surface area contributed by atoms with Gasteiger partial charge in [0.25, 0.3) is 5.91 Å². The Labute approximate surface area is 210 Å². The van der Waals surface area contributed by atoms with E-state index in [4.69, 9.17) is 40.2 Å². The number of benzene rings is 3. The lowest BCUT2D eigenvalue weighted by molar-refractivity contribution is -0.125. The first-order valence-electron chi connectivity index (χ1n) is 10.1. The van der Waals surface area contributed by atoms with E-state index in [2.05, 4.69) is 21.5 Å². The number of thiocarbonyl (C=S) groups is 1. The molecule has 0 aliphatic carbocycles. The summed E-state index contributed by atoms with van der Waals surface area (Å²) in [6.45, 7) is -0.262. The van der Waals surface area contributed by atoms with Gasteiger partial charge in [0.1, 0.15) is 5.75 Å². The number of hydrogen-bond donors (Lipinski definition) is 4. The lowest BCUT2D eigenvalue weighted by Gasteiger charge is -2.12. The molecule has 3 amide bonds. The quantitative estimate of drug-likeness (QED) is 0.278. The molecule has 34 heavy (non-hydrogen) atoms. The number of amides is 3. The number of fused-ring (bicyclic) bond motifs is 1. The maximum atomic E-state index is 12.0. The summed E-state index contributed by atoms with van der Waals surface area (Å²) in [7, 11) is 0. The number of rotatable bonds is 7. The van der Waals surface area contributed by atoms with Crippen LogP contribution in [0.2, 0.25) is 10.0 Å². The lowest BCUT2D eigenvalue weighted by atomic mass is 10.1. The number of hydrazine groups is 1. The monoisotopic (exact) mass is 518 g/mol. The van der Waals surface area contributed by atoms with E-state index in [1.807, 2.05) is 36.4 Å². The van der Waals surface area contributed by atoms with Crippen molar-refractivity contribution in [3.8, 4) is 5.75 Å². The van der Waals surface area contributed by atoms with Gasteiger partial charge in [-0.3, -0.25) is 30.6 Å². The van der Waals surface area contributed by atoms with E-state index >= 15 is 0 Å². The molecule has 0 bridgehead atoms. The Balaban J connectivity index is 1.33. The van der Waals surface area contributed by atoms with Gasteiger partial charge in [-0.05, 0) is 53.3 Å². The third kappa shape index (κ3) is 7.87. The average Bonchev–Trinajstić information content (AvgIpc) is 2.81. The molecule has 0 spiro atoms. The van der Waals surface area contributed by atoms with Crippen LogP contribution in [-0.4, -0.2) is 29.4 Å². The molecule has 0 aromatic heterocycles. The van der Waals surface area contributed by atoms with E-state index in [1.165, 1.54) is 6.07 Å². The molecular weight excluding hydrogens is 499 g/mol. The lowest BCUT2D eigenvalue weighted by Crippen LogP contribution is -2.49. The van der Waals surface area contributed by atoms with E-state index in [1.54, 1.807) is 18.2 Å². The number of halogens is 2. The second kappa shape index (κ2) is 12.2. The van der Waals surface area contributed by atoms with Gasteiger partial charge in [0, 0.05) is 17.9 Å². The first-order valence-corrected chi connectivity index (χ1v) is 11.2. The van der Waals surface area contributed by atoms with Crippen LogP contribution in [0.5, 0.6) is 5.75 Å². The van der Waals surface area contributed by atoms with Crippen LogP contribution < -0.4 is 26.2 Å². The first-order chi connectivity index (χ1) is 16.3. The fourth-order valence-electron chi connectivity index (χ4n) is 2.82. The van der Waals surface area contributed by atoms with Crippen molar-refractivity contribution >= 4 is 74.7 Å². The highest BCUT2D eigenvalue weighted by atomic mass is 35.5. The Kier molecular flexibility index (Phi) is 9.03. The highest BCUT2D eigenvalue weighted by Crippen LogP contribution is 2.25. The number of carbonyl (C=O) groups is 3. The van der Waals surface area contributed by atoms with Gasteiger partial charge < -0.3 is 10.1 Å². The van der Waals surface area contributed by atoms with Crippen LogP contribution in [0, 0.1) is 0 Å². The third-order valence-corrected chi connectivity index (χ3v) is 5.20. The Morgan fingerprint density at radius 3 is 2.32 bits per heavy atom. The second-order valence-corrected chi connectivity index (χ2v) is 8.27. The summed E-state index contributed by atoms with van der Waals surface area (Å²) >= 11 is 16.8. The number of carbonyl (C=O) groups excluding carboxylic acids is 3. The summed E-state index contributed by atoms with van der Waals surface area (Å²) in [6.07, 6.45) is -0.211. The zero-order chi connectivity index (χ0) is 24.5. The maximum absolute atomic E-state index is 12.0. The Morgan fingerprint density at radius 1 is 0.824 bits per heavy atom. The molecule has 0 atom stereocenters. The normalized spacial score (nSPS) is 10.3. The number of anilines is 1. The van der Waals surface area contributed by atoms with Crippen molar-refractivity contribution in [3.05, 3.63) is 70.7 Å². The zero-order valence-corrected chi connectivity index (χ0v) is 20.0. The van der Waals surface area contributed by atoms with E-state index in [9.17, 15) is 14.4 Å². The fourth-order valence-corrected chi connectivity index (χ4v) is 3.44. The maximum Gasteiger partial charge on any atom is 0.264 e. The standard InChI is InChI=1S/C23H20Cl2N4O4S/c24-16-6-8-19(18(25)12-16)26-20(30)9-10-21(31)28-29-23(34)27-22(32)13-33-17-7-5-14-3-1-2-4-15(14)11-17/h1-8,11-12H,9-10,13H2,(H,26,30)(H,28,31)(H2,27,29,32,34). The van der Waals surface area contributed by atoms with Gasteiger partial charge in [-0.1, -0.05) is 53.5 Å². The predicted octanol–water partition coefficient (Wildman–Crippen LogP) is 3.97. The summed E-state index contributed by atoms with van der Waals surface area (Å²) in [4.78, 5) is 35.9. The van der Waals surface area contributed by atoms with Crippen molar-refractivity contribution in [2.45, 2.75) is 12.8 Å². The summed E-state index contributed by atoms with van der Waals surface area (Å²) in [5.74, 6) is -0.860. The van der Waals surface area contributed by atoms with Crippen LogP contribution in [0.3, 0.4) is 0 Å². The molecular formula is C23H20Cl2N4O4S. The summed E-state index contributed by atoms with van der Waals surface area (Å²) in [5, 5.41) is 7.65. The van der Waals surface area contributed by atoms with E-state index in [-0.39, 0.29) is 29.6 Å². The molecule has 0 saturated heterocycles. The summed E-state index contributed by atoms with van der Waals surface area (Å²) in [6, 6.07) is 17.9. The van der Waals surface area contributed by atoms with Gasteiger partial charge in [0.15, 0.2) is 11.7 Å². The van der Waals surface area contributed by atoms with Gasteiger partial charge in [-0.2, -0.15) is 0 Å². The molecule has 0 saturated carbocycles. The van der Waals surface area contributed by atoms with Gasteiger partial charge >= 0.3 is 0 Å². The molecule has 176 valence electrons. The van der Waals surface area contributed by atoms with Crippen molar-refractivity contribution in [3.63, 3.8) is 0 Å². The van der Waals surface area contributed by atoms with Crippen LogP contribution in [0.15, 0.2) is 60.7 Å². The number of ether oxygens (including phenoxy) is 1. The number of nitrogens with one attached hydrogen (secondary N) is 4. The molecule has 4 N–H and O–H groups in total. The van der Waals surface area contributed by atoms with Crippen molar-refractivity contribution < 1.29 is 19.1 Å². The van der Waals surface area contributed by atoms with Crippen molar-refractivity contribution in [2.75, 3.05) is 11.9 Å². The predicted molar refractivity (Wildman–Crippen MR) is 136 cm³/mol. The molecule has 3 aromatic carbocycles. The van der Waals surface area contributed by atoms with Crippen LogP contribution in [0.1, 0.15) is 12.8 Å². The van der Waals surface area contributed by atoms with E-state index < -0.39 is 17.7 Å². The van der Waals surface area contributed by atoms with E-state index in [0.29, 0.717) is 16.5 Å². The molecule has 0 unspecified atom stereocenters. The first kappa shape index (κ1) is 25.2. The molecule has 0 aliphatic rings. The van der Waals surface area contributed by atoms with Crippen LogP contribution in [0.25, 0.3) is 10.8 Å². The van der Waals surface area contributed by atoms with Crippen molar-refractivity contribution in [1.29, 1.82) is 0 Å². The zero-order valence-electron chi connectivity index (χ0n) is 17.7. The topological polar surface area (TPSA) is 109 Å². The van der Waals surface area contributed by atoms with Gasteiger partial charge in [0.2, 0.25) is 11.8 Å². The summed E-state index contributed by atoms with van der Waals surface area (Å²) in [5.41, 5.74) is 5.10. The third-order valence-electron chi connectivity index (χ3n) is 4.44. The second-order valence-electron chi connectivity index (χ2n) is 7.02. The summed E-state index contributed by atoms with van der Waals surface area (Å²) < 4.78 is 5.48. The average molecular weight is 519 g/mol. The van der Waals surface area contributed by atoms with Crippen molar-refractivity contribution in [1.82, 2.24) is 16.2 Å². The minimum Gasteiger partial charge on any atom is -0.484 e. The molecule has 11 heteroatoms. The van der Waals surface area contributed by atoms with Gasteiger partial charge in [-0.25, -0.2) is 0 Å². The molecule has 0 aliphatic heterocycles. The smallest absolute Gasteiger partial charge is 0.264 e. The van der Waals surface area contributed by atoms with Gasteiger partial charge in [0.05, 0.1) is 10.7 Å². The Bertz CT molecular complexity index is 1240. The Morgan fingerprint density at radius 2 is 1.56 bits per heavy atom. The molecule has 8 nitrogen and oxygen atoms in total. The molecule has 0 heterocycles.